The number of nitrogens with zero attached hydrogens (tertiary/aromatic N) is 1. The van der Waals surface area contributed by atoms with Crippen LogP contribution in [0.25, 0.3) is 0 Å². The van der Waals surface area contributed by atoms with Gasteiger partial charge in [-0.15, -0.1) is 0 Å². The van der Waals surface area contributed by atoms with Crippen molar-refractivity contribution in [3.8, 4) is 5.75 Å². The molecule has 0 aromatic carbocycles. The maximum Gasteiger partial charge on any atom is 0.305 e. The highest BCUT2D eigenvalue weighted by atomic mass is 16.5. The van der Waals surface area contributed by atoms with Crippen molar-refractivity contribution in [3.63, 3.8) is 0 Å². The fraction of sp³-hybridized carbons (Fsp3) is 0.500. The van der Waals surface area contributed by atoms with Crippen LogP contribution in [-0.2, 0) is 14.4 Å². The highest BCUT2D eigenvalue weighted by Gasteiger charge is 2.06. The minimum absolute atomic E-state index is 0.0496. The summed E-state index contributed by atoms with van der Waals surface area (Å²) in [5.74, 6) is -0.171. The Hall–Kier alpha value is -2.84. The Bertz CT molecular complexity index is 579. The van der Waals surface area contributed by atoms with Gasteiger partial charge in [0.1, 0.15) is 11.6 Å². The molecule has 25 heavy (non-hydrogen) atoms. The number of unbranched alkanes of at least 4 members (excludes halogenated alkanes) is 1. The number of carboxylic acids is 1. The van der Waals surface area contributed by atoms with Crippen LogP contribution in [0.4, 0.5) is 5.82 Å². The number of carbonyl (C=O) groups is 3. The summed E-state index contributed by atoms with van der Waals surface area (Å²) in [7, 11) is 1.59. The molecule has 0 spiro atoms. The molecule has 1 aromatic rings. The van der Waals surface area contributed by atoms with Crippen molar-refractivity contribution in [2.75, 3.05) is 32.1 Å². The van der Waals surface area contributed by atoms with Crippen molar-refractivity contribution in [2.45, 2.75) is 25.7 Å². The minimum atomic E-state index is -0.984. The number of carboxylic acid groups (broad SMARTS) is 1. The molecule has 2 amide bonds. The molecule has 138 valence electrons. The van der Waals surface area contributed by atoms with E-state index in [0.29, 0.717) is 25.2 Å². The first-order valence-corrected chi connectivity index (χ1v) is 8.00. The number of nitrogens with one attached hydrogen (secondary N) is 3. The zero-order chi connectivity index (χ0) is 18.5. The van der Waals surface area contributed by atoms with E-state index in [4.69, 9.17) is 9.84 Å². The summed E-state index contributed by atoms with van der Waals surface area (Å²) >= 11 is 0. The largest absolute Gasteiger partial charge is 0.497 e. The van der Waals surface area contributed by atoms with Crippen LogP contribution in [-0.4, -0.2) is 54.6 Å². The monoisotopic (exact) mass is 352 g/mol. The molecule has 0 bridgehead atoms. The van der Waals surface area contributed by atoms with Crippen molar-refractivity contribution >= 4 is 23.6 Å². The molecule has 0 aliphatic heterocycles. The Morgan fingerprint density at radius 2 is 1.92 bits per heavy atom. The molecule has 9 nitrogen and oxygen atoms in total. The van der Waals surface area contributed by atoms with Gasteiger partial charge in [0.2, 0.25) is 11.8 Å². The number of hydrogen-bond donors (Lipinski definition) is 4. The molecular weight excluding hydrogens is 328 g/mol. The van der Waals surface area contributed by atoms with Crippen LogP contribution in [0.15, 0.2) is 18.3 Å². The second-order valence-corrected chi connectivity index (χ2v) is 5.24. The lowest BCUT2D eigenvalue weighted by Gasteiger charge is -2.08. The average Bonchev–Trinajstić information content (AvgIpc) is 2.59. The maximum absolute atomic E-state index is 11.6. The van der Waals surface area contributed by atoms with Gasteiger partial charge in [0, 0.05) is 31.8 Å². The number of rotatable bonds is 12. The lowest BCUT2D eigenvalue weighted by molar-refractivity contribution is -0.137. The average molecular weight is 352 g/mol. The summed E-state index contributed by atoms with van der Waals surface area (Å²) in [4.78, 5) is 37.4. The molecule has 0 saturated carbocycles. The molecule has 0 radical (unpaired) electrons. The normalized spacial score (nSPS) is 9.96. The number of hydrogen-bond acceptors (Lipinski definition) is 6. The van der Waals surface area contributed by atoms with Crippen LogP contribution in [0.3, 0.4) is 0 Å². The highest BCUT2D eigenvalue weighted by molar-refractivity contribution is 5.84. The van der Waals surface area contributed by atoms with Gasteiger partial charge in [-0.05, 0) is 18.9 Å². The van der Waals surface area contributed by atoms with Crippen molar-refractivity contribution in [3.05, 3.63) is 18.3 Å². The highest BCUT2D eigenvalue weighted by Crippen LogP contribution is 2.13. The maximum atomic E-state index is 11.6. The number of aromatic nitrogens is 1. The Balaban J connectivity index is 2.06. The fourth-order valence-corrected chi connectivity index (χ4v) is 1.90. The number of pyridine rings is 1. The van der Waals surface area contributed by atoms with E-state index < -0.39 is 11.9 Å². The summed E-state index contributed by atoms with van der Waals surface area (Å²) in [5.41, 5.74) is 0. The van der Waals surface area contributed by atoms with Crippen LogP contribution in [0.2, 0.25) is 0 Å². The molecule has 9 heteroatoms. The predicted octanol–water partition coefficient (Wildman–Crippen LogP) is 0.380. The zero-order valence-electron chi connectivity index (χ0n) is 14.2. The van der Waals surface area contributed by atoms with Crippen LogP contribution in [0.5, 0.6) is 5.75 Å². The van der Waals surface area contributed by atoms with Crippen LogP contribution < -0.4 is 20.7 Å². The van der Waals surface area contributed by atoms with Crippen molar-refractivity contribution in [1.82, 2.24) is 15.6 Å². The van der Waals surface area contributed by atoms with Gasteiger partial charge in [0.15, 0.2) is 0 Å². The van der Waals surface area contributed by atoms with E-state index in [1.165, 1.54) is 0 Å². The Morgan fingerprint density at radius 1 is 1.12 bits per heavy atom. The van der Waals surface area contributed by atoms with E-state index in [-0.39, 0.29) is 25.4 Å². The van der Waals surface area contributed by atoms with E-state index in [9.17, 15) is 14.4 Å². The van der Waals surface area contributed by atoms with Crippen LogP contribution in [0.1, 0.15) is 25.7 Å². The van der Waals surface area contributed by atoms with Crippen LogP contribution in [0, 0.1) is 0 Å². The molecule has 1 aromatic heterocycles. The summed E-state index contributed by atoms with van der Waals surface area (Å²) < 4.78 is 5.10. The third-order valence-corrected chi connectivity index (χ3v) is 3.21. The number of methoxy groups -OCH3 is 1. The molecule has 1 rings (SSSR count). The second kappa shape index (κ2) is 11.7. The molecule has 0 fully saturated rings. The molecule has 4 N–H and O–H groups in total. The lowest BCUT2D eigenvalue weighted by Crippen LogP contribution is -2.37. The number of aliphatic carboxylic acids is 1. The Kier molecular flexibility index (Phi) is 9.42. The first kappa shape index (κ1) is 20.2. The summed E-state index contributed by atoms with van der Waals surface area (Å²) in [6.45, 7) is 0.571. The molecule has 0 aliphatic rings. The summed E-state index contributed by atoms with van der Waals surface area (Å²) in [5, 5.41) is 16.5. The topological polar surface area (TPSA) is 130 Å². The third kappa shape index (κ3) is 9.80. The smallest absolute Gasteiger partial charge is 0.305 e. The van der Waals surface area contributed by atoms with Gasteiger partial charge in [-0.25, -0.2) is 4.98 Å². The van der Waals surface area contributed by atoms with E-state index in [1.54, 1.807) is 25.4 Å². The standard InChI is InChI=1S/C16H24N4O5/c1-25-12-5-8-18-13(10-12)17-7-3-2-4-14(21)20-11-15(22)19-9-6-16(23)24/h5,8,10H,2-4,6-7,9,11H2,1H3,(H,17,18)(H,19,22)(H,20,21)(H,23,24). The van der Waals surface area contributed by atoms with E-state index in [2.05, 4.69) is 20.9 Å². The van der Waals surface area contributed by atoms with Crippen molar-refractivity contribution < 1.29 is 24.2 Å². The second-order valence-electron chi connectivity index (χ2n) is 5.24. The zero-order valence-corrected chi connectivity index (χ0v) is 14.2. The third-order valence-electron chi connectivity index (χ3n) is 3.21. The van der Waals surface area contributed by atoms with Gasteiger partial charge in [0.05, 0.1) is 20.1 Å². The number of carbonyl (C=O) groups excluding carboxylic acids is 2. The Morgan fingerprint density at radius 3 is 2.64 bits per heavy atom. The molecule has 0 unspecified atom stereocenters. The first-order valence-electron chi connectivity index (χ1n) is 8.00. The summed E-state index contributed by atoms with van der Waals surface area (Å²) in [6, 6.07) is 3.54. The van der Waals surface area contributed by atoms with E-state index in [0.717, 1.165) is 12.2 Å². The number of ether oxygens (including phenoxy) is 1. The molecule has 1 heterocycles. The molecule has 0 aliphatic carbocycles. The number of amides is 2. The fourth-order valence-electron chi connectivity index (χ4n) is 1.90. The van der Waals surface area contributed by atoms with Gasteiger partial charge >= 0.3 is 5.97 Å². The predicted molar refractivity (Wildman–Crippen MR) is 91.4 cm³/mol. The van der Waals surface area contributed by atoms with Gasteiger partial charge in [-0.2, -0.15) is 0 Å². The van der Waals surface area contributed by atoms with Crippen molar-refractivity contribution in [1.29, 1.82) is 0 Å². The molecule has 0 saturated heterocycles. The van der Waals surface area contributed by atoms with Gasteiger partial charge in [0.25, 0.3) is 0 Å². The van der Waals surface area contributed by atoms with E-state index in [1.807, 2.05) is 0 Å². The van der Waals surface area contributed by atoms with Gasteiger partial charge in [-0.1, -0.05) is 0 Å². The van der Waals surface area contributed by atoms with E-state index >= 15 is 0 Å². The molecular formula is C16H24N4O5. The van der Waals surface area contributed by atoms with Crippen LogP contribution >= 0.6 is 0 Å². The lowest BCUT2D eigenvalue weighted by atomic mass is 10.2. The summed E-state index contributed by atoms with van der Waals surface area (Å²) in [6.07, 6.45) is 3.27. The minimum Gasteiger partial charge on any atom is -0.497 e. The van der Waals surface area contributed by atoms with Crippen molar-refractivity contribution in [2.24, 2.45) is 0 Å². The SMILES string of the molecule is COc1ccnc(NCCCCC(=O)NCC(=O)NCCC(=O)O)c1. The van der Waals surface area contributed by atoms with Gasteiger partial charge < -0.3 is 25.8 Å². The quantitative estimate of drug-likeness (QED) is 0.400. The number of anilines is 1. The molecule has 0 atom stereocenters. The van der Waals surface area contributed by atoms with Gasteiger partial charge in [-0.3, -0.25) is 14.4 Å². The first-order chi connectivity index (χ1) is 12.0. The Labute approximate surface area is 146 Å².